The highest BCUT2D eigenvalue weighted by Gasteiger charge is 2.09. The third-order valence-electron chi connectivity index (χ3n) is 2.35. The summed E-state index contributed by atoms with van der Waals surface area (Å²) in [6.07, 6.45) is 0.163. The molecule has 0 radical (unpaired) electrons. The minimum atomic E-state index is -0.447. The van der Waals surface area contributed by atoms with Crippen LogP contribution in [0, 0.1) is 6.92 Å². The molecule has 1 rings (SSSR count). The fourth-order valence-corrected chi connectivity index (χ4v) is 1.25. The van der Waals surface area contributed by atoms with Crippen molar-refractivity contribution in [3.8, 4) is 0 Å². The zero-order chi connectivity index (χ0) is 12.8. The number of anilines is 1. The highest BCUT2D eigenvalue weighted by atomic mass is 16.5. The van der Waals surface area contributed by atoms with E-state index in [1.54, 1.807) is 18.2 Å². The van der Waals surface area contributed by atoms with Gasteiger partial charge in [-0.15, -0.1) is 0 Å². The first-order valence-corrected chi connectivity index (χ1v) is 5.28. The Bertz CT molecular complexity index is 430. The van der Waals surface area contributed by atoms with Gasteiger partial charge in [-0.25, -0.2) is 4.79 Å². The molecule has 92 valence electrons. The van der Waals surface area contributed by atoms with E-state index < -0.39 is 5.97 Å². The Hall–Kier alpha value is -2.04. The third kappa shape index (κ3) is 3.79. The average molecular weight is 236 g/mol. The van der Waals surface area contributed by atoms with Gasteiger partial charge >= 0.3 is 5.97 Å². The number of benzene rings is 1. The molecular weight excluding hydrogens is 220 g/mol. The molecule has 0 aliphatic carbocycles. The van der Waals surface area contributed by atoms with Gasteiger partial charge in [0.1, 0.15) is 6.61 Å². The van der Waals surface area contributed by atoms with Crippen LogP contribution >= 0.6 is 0 Å². The number of hydrogen-bond acceptors (Lipinski definition) is 4. The lowest BCUT2D eigenvalue weighted by molar-refractivity contribution is -0.121. The molecule has 0 saturated heterocycles. The summed E-state index contributed by atoms with van der Waals surface area (Å²) in [5.74, 6) is -0.608. The Balaban J connectivity index is 2.52. The number of carbonyl (C=O) groups excluding carboxylic acids is 2. The van der Waals surface area contributed by atoms with E-state index in [2.05, 4.69) is 5.32 Å². The molecule has 0 heterocycles. The second-order valence-electron chi connectivity index (χ2n) is 3.63. The van der Waals surface area contributed by atoms with E-state index in [1.165, 1.54) is 7.05 Å². The van der Waals surface area contributed by atoms with Crippen LogP contribution in [0.4, 0.5) is 5.69 Å². The maximum absolute atomic E-state index is 11.6. The van der Waals surface area contributed by atoms with Crippen molar-refractivity contribution >= 4 is 17.6 Å². The van der Waals surface area contributed by atoms with Gasteiger partial charge in [-0.2, -0.15) is 0 Å². The van der Waals surface area contributed by atoms with Crippen LogP contribution in [0.5, 0.6) is 0 Å². The summed E-state index contributed by atoms with van der Waals surface area (Å²) in [6, 6.07) is 4.92. The largest absolute Gasteiger partial charge is 0.462 e. The quantitative estimate of drug-likeness (QED) is 0.600. The minimum absolute atomic E-state index is 0.0714. The molecule has 0 saturated carbocycles. The third-order valence-corrected chi connectivity index (χ3v) is 2.35. The SMILES string of the molecule is CNC(=O)CCOC(=O)c1ccc(N)c(C)c1. The van der Waals surface area contributed by atoms with Crippen LogP contribution in [-0.2, 0) is 9.53 Å². The predicted molar refractivity (Wildman–Crippen MR) is 64.6 cm³/mol. The van der Waals surface area contributed by atoms with Crippen molar-refractivity contribution in [1.29, 1.82) is 0 Å². The lowest BCUT2D eigenvalue weighted by Gasteiger charge is -2.06. The maximum Gasteiger partial charge on any atom is 0.338 e. The van der Waals surface area contributed by atoms with Crippen LogP contribution in [0.25, 0.3) is 0 Å². The Morgan fingerprint density at radius 2 is 2.12 bits per heavy atom. The van der Waals surface area contributed by atoms with Gasteiger partial charge in [0.2, 0.25) is 5.91 Å². The molecule has 0 aliphatic heterocycles. The normalized spacial score (nSPS) is 9.76. The highest BCUT2D eigenvalue weighted by molar-refractivity contribution is 5.90. The Morgan fingerprint density at radius 1 is 1.41 bits per heavy atom. The molecule has 0 bridgehead atoms. The monoisotopic (exact) mass is 236 g/mol. The number of amides is 1. The topological polar surface area (TPSA) is 81.4 Å². The summed E-state index contributed by atoms with van der Waals surface area (Å²) in [5.41, 5.74) is 7.54. The van der Waals surface area contributed by atoms with Crippen LogP contribution in [-0.4, -0.2) is 25.5 Å². The van der Waals surface area contributed by atoms with E-state index in [0.717, 1.165) is 5.56 Å². The summed E-state index contributed by atoms with van der Waals surface area (Å²) >= 11 is 0. The van der Waals surface area contributed by atoms with Gasteiger partial charge in [-0.3, -0.25) is 4.79 Å². The highest BCUT2D eigenvalue weighted by Crippen LogP contribution is 2.13. The first-order chi connectivity index (χ1) is 8.04. The summed E-state index contributed by atoms with van der Waals surface area (Å²) in [6.45, 7) is 1.89. The van der Waals surface area contributed by atoms with Crippen molar-refractivity contribution in [2.75, 3.05) is 19.4 Å². The molecule has 5 heteroatoms. The summed E-state index contributed by atoms with van der Waals surface area (Å²) in [7, 11) is 1.54. The van der Waals surface area contributed by atoms with Crippen LogP contribution < -0.4 is 11.1 Å². The lowest BCUT2D eigenvalue weighted by Crippen LogP contribution is -2.20. The first-order valence-electron chi connectivity index (χ1n) is 5.28. The average Bonchev–Trinajstić information content (AvgIpc) is 2.32. The van der Waals surface area contributed by atoms with Gasteiger partial charge in [0.05, 0.1) is 12.0 Å². The number of esters is 1. The zero-order valence-electron chi connectivity index (χ0n) is 9.95. The van der Waals surface area contributed by atoms with Crippen LogP contribution in [0.1, 0.15) is 22.3 Å². The molecule has 1 aromatic rings. The van der Waals surface area contributed by atoms with E-state index in [-0.39, 0.29) is 18.9 Å². The predicted octanol–water partition coefficient (Wildman–Crippen LogP) is 0.870. The van der Waals surface area contributed by atoms with Crippen LogP contribution in [0.3, 0.4) is 0 Å². The molecule has 1 aromatic carbocycles. The standard InChI is InChI=1S/C12H16N2O3/c1-8-7-9(3-4-10(8)13)12(16)17-6-5-11(15)14-2/h3-4,7H,5-6,13H2,1-2H3,(H,14,15). The van der Waals surface area contributed by atoms with Gasteiger partial charge in [-0.1, -0.05) is 0 Å². The van der Waals surface area contributed by atoms with Crippen molar-refractivity contribution in [3.63, 3.8) is 0 Å². The molecule has 0 aliphatic rings. The molecule has 0 aromatic heterocycles. The van der Waals surface area contributed by atoms with Gasteiger partial charge in [-0.05, 0) is 30.7 Å². The number of ether oxygens (including phenoxy) is 1. The number of rotatable bonds is 4. The minimum Gasteiger partial charge on any atom is -0.462 e. The Kier molecular flexibility index (Phi) is 4.51. The van der Waals surface area contributed by atoms with E-state index in [4.69, 9.17) is 10.5 Å². The van der Waals surface area contributed by atoms with E-state index in [9.17, 15) is 9.59 Å². The number of nitrogens with one attached hydrogen (secondary N) is 1. The Labute approximate surface area is 99.9 Å². The van der Waals surface area contributed by atoms with Gasteiger partial charge in [0.15, 0.2) is 0 Å². The van der Waals surface area contributed by atoms with Crippen molar-refractivity contribution in [2.24, 2.45) is 0 Å². The molecule has 1 amide bonds. The van der Waals surface area contributed by atoms with E-state index >= 15 is 0 Å². The molecular formula is C12H16N2O3. The number of nitrogen functional groups attached to an aromatic ring is 1. The zero-order valence-corrected chi connectivity index (χ0v) is 9.95. The Morgan fingerprint density at radius 3 is 2.71 bits per heavy atom. The second-order valence-corrected chi connectivity index (χ2v) is 3.63. The number of carbonyl (C=O) groups is 2. The number of nitrogens with two attached hydrogens (primary N) is 1. The molecule has 17 heavy (non-hydrogen) atoms. The summed E-state index contributed by atoms with van der Waals surface area (Å²) in [4.78, 5) is 22.5. The van der Waals surface area contributed by atoms with Crippen LogP contribution in [0.2, 0.25) is 0 Å². The smallest absolute Gasteiger partial charge is 0.338 e. The van der Waals surface area contributed by atoms with Crippen LogP contribution in [0.15, 0.2) is 18.2 Å². The van der Waals surface area contributed by atoms with Crippen molar-refractivity contribution < 1.29 is 14.3 Å². The van der Waals surface area contributed by atoms with Crippen molar-refractivity contribution in [3.05, 3.63) is 29.3 Å². The fraction of sp³-hybridized carbons (Fsp3) is 0.333. The molecule has 0 fully saturated rings. The molecule has 3 N–H and O–H groups in total. The van der Waals surface area contributed by atoms with Crippen molar-refractivity contribution in [2.45, 2.75) is 13.3 Å². The number of hydrogen-bond donors (Lipinski definition) is 2. The first kappa shape index (κ1) is 13.0. The molecule has 0 unspecified atom stereocenters. The molecule has 5 nitrogen and oxygen atoms in total. The second kappa shape index (κ2) is 5.89. The molecule has 0 atom stereocenters. The summed E-state index contributed by atoms with van der Waals surface area (Å²) < 4.78 is 4.95. The summed E-state index contributed by atoms with van der Waals surface area (Å²) in [5, 5.41) is 2.45. The molecule has 0 spiro atoms. The maximum atomic E-state index is 11.6. The number of aryl methyl sites for hydroxylation is 1. The van der Waals surface area contributed by atoms with Gasteiger partial charge < -0.3 is 15.8 Å². The van der Waals surface area contributed by atoms with Crippen molar-refractivity contribution in [1.82, 2.24) is 5.32 Å². The van der Waals surface area contributed by atoms with Gasteiger partial charge in [0, 0.05) is 12.7 Å². The van der Waals surface area contributed by atoms with E-state index in [0.29, 0.717) is 11.3 Å². The fourth-order valence-electron chi connectivity index (χ4n) is 1.25. The lowest BCUT2D eigenvalue weighted by atomic mass is 10.1. The van der Waals surface area contributed by atoms with E-state index in [1.807, 2.05) is 6.92 Å². The van der Waals surface area contributed by atoms with Gasteiger partial charge in [0.25, 0.3) is 0 Å².